The van der Waals surface area contributed by atoms with E-state index in [1.165, 1.54) is 29.7 Å². The smallest absolute Gasteiger partial charge is 0.0991 e. The highest BCUT2D eigenvalue weighted by Crippen LogP contribution is 2.28. The number of para-hydroxylation sites is 1. The van der Waals surface area contributed by atoms with Gasteiger partial charge in [0.15, 0.2) is 0 Å². The van der Waals surface area contributed by atoms with Gasteiger partial charge in [0.2, 0.25) is 0 Å². The van der Waals surface area contributed by atoms with Crippen molar-refractivity contribution >= 4 is 5.69 Å². The molecule has 2 aromatic carbocycles. The molecule has 110 valence electrons. The molecule has 3 aromatic rings. The molecule has 0 spiro atoms. The number of fused-ring (bicyclic) bond motifs is 1. The van der Waals surface area contributed by atoms with Gasteiger partial charge in [-0.2, -0.15) is 0 Å². The summed E-state index contributed by atoms with van der Waals surface area (Å²) in [5.74, 6) is 0. The minimum atomic E-state index is 0.973. The third-order valence-corrected chi connectivity index (χ3v) is 4.32. The van der Waals surface area contributed by atoms with Gasteiger partial charge in [-0.3, -0.25) is 0 Å². The first-order chi connectivity index (χ1) is 10.9. The molecule has 0 fully saturated rings. The summed E-state index contributed by atoms with van der Waals surface area (Å²) in [5, 5.41) is 0. The van der Waals surface area contributed by atoms with Gasteiger partial charge in [-0.05, 0) is 42.2 Å². The Morgan fingerprint density at radius 3 is 2.68 bits per heavy atom. The minimum Gasteiger partial charge on any atom is -0.367 e. The Labute approximate surface area is 130 Å². The molecule has 3 heteroatoms. The van der Waals surface area contributed by atoms with Crippen LogP contribution in [0.2, 0.25) is 0 Å². The van der Waals surface area contributed by atoms with Crippen molar-refractivity contribution in [2.75, 3.05) is 11.4 Å². The summed E-state index contributed by atoms with van der Waals surface area (Å²) in [6.45, 7) is 2.11. The molecule has 22 heavy (non-hydrogen) atoms. The minimum absolute atomic E-state index is 0.973. The molecule has 0 N–H and O–H groups in total. The summed E-state index contributed by atoms with van der Waals surface area (Å²) >= 11 is 0. The van der Waals surface area contributed by atoms with Crippen molar-refractivity contribution in [3.8, 4) is 5.69 Å². The Morgan fingerprint density at radius 2 is 1.86 bits per heavy atom. The first-order valence-electron chi connectivity index (χ1n) is 7.80. The molecule has 0 aliphatic carbocycles. The van der Waals surface area contributed by atoms with Crippen LogP contribution in [-0.4, -0.2) is 16.1 Å². The van der Waals surface area contributed by atoms with E-state index in [1.54, 1.807) is 6.20 Å². The lowest BCUT2D eigenvalue weighted by Gasteiger charge is -2.31. The van der Waals surface area contributed by atoms with Crippen molar-refractivity contribution in [3.05, 3.63) is 78.4 Å². The van der Waals surface area contributed by atoms with Crippen molar-refractivity contribution in [3.63, 3.8) is 0 Å². The molecule has 0 unspecified atom stereocenters. The lowest BCUT2D eigenvalue weighted by molar-refractivity contribution is 0.691. The summed E-state index contributed by atoms with van der Waals surface area (Å²) in [7, 11) is 0. The quantitative estimate of drug-likeness (QED) is 0.731. The van der Waals surface area contributed by atoms with Crippen LogP contribution in [0.1, 0.15) is 17.5 Å². The molecule has 1 aliphatic rings. The average Bonchev–Trinajstić information content (AvgIpc) is 3.10. The number of hydrogen-bond acceptors (Lipinski definition) is 2. The summed E-state index contributed by atoms with van der Waals surface area (Å²) in [4.78, 5) is 6.59. The van der Waals surface area contributed by atoms with Gasteiger partial charge in [0.05, 0.1) is 6.33 Å². The van der Waals surface area contributed by atoms with Gasteiger partial charge in [0, 0.05) is 36.9 Å². The molecular formula is C19H19N3. The van der Waals surface area contributed by atoms with Gasteiger partial charge in [-0.1, -0.05) is 30.3 Å². The monoisotopic (exact) mass is 289 g/mol. The molecule has 4 rings (SSSR count). The molecule has 0 saturated heterocycles. The van der Waals surface area contributed by atoms with Crippen molar-refractivity contribution in [2.24, 2.45) is 0 Å². The van der Waals surface area contributed by atoms with E-state index < -0.39 is 0 Å². The average molecular weight is 289 g/mol. The van der Waals surface area contributed by atoms with Crippen molar-refractivity contribution < 1.29 is 0 Å². The van der Waals surface area contributed by atoms with Crippen molar-refractivity contribution in [1.82, 2.24) is 9.55 Å². The van der Waals surface area contributed by atoms with Gasteiger partial charge in [0.1, 0.15) is 0 Å². The fourth-order valence-electron chi connectivity index (χ4n) is 3.18. The first kappa shape index (κ1) is 13.1. The number of benzene rings is 2. The third kappa shape index (κ3) is 2.50. The fraction of sp³-hybridized carbons (Fsp3) is 0.211. The summed E-state index contributed by atoms with van der Waals surface area (Å²) in [5.41, 5.74) is 5.37. The number of anilines is 1. The van der Waals surface area contributed by atoms with Crippen molar-refractivity contribution in [1.29, 1.82) is 0 Å². The van der Waals surface area contributed by atoms with E-state index in [-0.39, 0.29) is 0 Å². The highest BCUT2D eigenvalue weighted by Gasteiger charge is 2.16. The van der Waals surface area contributed by atoms with Gasteiger partial charge in [0.25, 0.3) is 0 Å². The van der Waals surface area contributed by atoms with Crippen LogP contribution in [0.4, 0.5) is 5.69 Å². The van der Waals surface area contributed by atoms with Crippen LogP contribution in [0.15, 0.2) is 67.3 Å². The molecule has 0 saturated carbocycles. The summed E-state index contributed by atoms with van der Waals surface area (Å²) in [6.07, 6.45) is 8.04. The predicted molar refractivity (Wildman–Crippen MR) is 89.4 cm³/mol. The van der Waals surface area contributed by atoms with Crippen LogP contribution >= 0.6 is 0 Å². The number of imidazole rings is 1. The molecule has 0 radical (unpaired) electrons. The van der Waals surface area contributed by atoms with E-state index >= 15 is 0 Å². The molecule has 2 heterocycles. The molecule has 1 aromatic heterocycles. The second-order valence-corrected chi connectivity index (χ2v) is 5.79. The van der Waals surface area contributed by atoms with E-state index in [9.17, 15) is 0 Å². The summed E-state index contributed by atoms with van der Waals surface area (Å²) < 4.78 is 2.03. The Kier molecular flexibility index (Phi) is 3.39. The number of rotatable bonds is 3. The zero-order valence-corrected chi connectivity index (χ0v) is 12.5. The molecular weight excluding hydrogens is 270 g/mol. The second kappa shape index (κ2) is 5.68. The number of hydrogen-bond donors (Lipinski definition) is 0. The predicted octanol–water partition coefficient (Wildman–Crippen LogP) is 3.83. The Balaban J connectivity index is 1.55. The molecule has 1 aliphatic heterocycles. The highest BCUT2D eigenvalue weighted by atomic mass is 15.1. The van der Waals surface area contributed by atoms with Crippen LogP contribution in [0.5, 0.6) is 0 Å². The SMILES string of the molecule is c1ccc2c(c1)CCCN2Cc1ccc(-n2ccnc2)cc1. The Morgan fingerprint density at radius 1 is 1.00 bits per heavy atom. The summed E-state index contributed by atoms with van der Waals surface area (Å²) in [6, 6.07) is 17.5. The standard InChI is InChI=1S/C19H19N3/c1-2-6-19-17(4-1)5-3-12-21(19)14-16-7-9-18(10-8-16)22-13-11-20-15-22/h1-2,4,6-11,13,15H,3,5,12,14H2. The van der Waals surface area contributed by atoms with E-state index in [0.29, 0.717) is 0 Å². The Hall–Kier alpha value is -2.55. The van der Waals surface area contributed by atoms with Gasteiger partial charge >= 0.3 is 0 Å². The number of aromatic nitrogens is 2. The lowest BCUT2D eigenvalue weighted by Crippen LogP contribution is -2.28. The lowest BCUT2D eigenvalue weighted by atomic mass is 10.0. The topological polar surface area (TPSA) is 21.1 Å². The van der Waals surface area contributed by atoms with Crippen molar-refractivity contribution in [2.45, 2.75) is 19.4 Å². The van der Waals surface area contributed by atoms with E-state index in [4.69, 9.17) is 0 Å². The zero-order valence-electron chi connectivity index (χ0n) is 12.5. The van der Waals surface area contributed by atoms with E-state index in [0.717, 1.165) is 18.8 Å². The van der Waals surface area contributed by atoms with Gasteiger partial charge < -0.3 is 9.47 Å². The molecule has 0 atom stereocenters. The van der Waals surface area contributed by atoms with Crippen LogP contribution in [0.3, 0.4) is 0 Å². The molecule has 3 nitrogen and oxygen atoms in total. The van der Waals surface area contributed by atoms with Crippen LogP contribution in [-0.2, 0) is 13.0 Å². The normalized spacial score (nSPS) is 13.9. The van der Waals surface area contributed by atoms with Crippen LogP contribution < -0.4 is 4.90 Å². The third-order valence-electron chi connectivity index (χ3n) is 4.32. The van der Waals surface area contributed by atoms with Gasteiger partial charge in [-0.25, -0.2) is 4.98 Å². The number of aryl methyl sites for hydroxylation is 1. The number of nitrogens with zero attached hydrogens (tertiary/aromatic N) is 3. The van der Waals surface area contributed by atoms with Gasteiger partial charge in [-0.15, -0.1) is 0 Å². The maximum absolute atomic E-state index is 4.09. The van der Waals surface area contributed by atoms with Crippen LogP contribution in [0, 0.1) is 0 Å². The van der Waals surface area contributed by atoms with Crippen LogP contribution in [0.25, 0.3) is 5.69 Å². The van der Waals surface area contributed by atoms with E-state index in [2.05, 4.69) is 58.4 Å². The highest BCUT2D eigenvalue weighted by molar-refractivity contribution is 5.55. The Bertz CT molecular complexity index is 745. The zero-order chi connectivity index (χ0) is 14.8. The maximum Gasteiger partial charge on any atom is 0.0991 e. The first-order valence-corrected chi connectivity index (χ1v) is 7.80. The maximum atomic E-state index is 4.09. The fourth-order valence-corrected chi connectivity index (χ4v) is 3.18. The van der Waals surface area contributed by atoms with E-state index in [1.807, 2.05) is 17.1 Å². The largest absolute Gasteiger partial charge is 0.367 e. The molecule has 0 amide bonds. The second-order valence-electron chi connectivity index (χ2n) is 5.79. The molecule has 0 bridgehead atoms.